The summed E-state index contributed by atoms with van der Waals surface area (Å²) in [5.74, 6) is 0. The maximum atomic E-state index is 9.83. The van der Waals surface area contributed by atoms with Crippen LogP contribution < -0.4 is 0 Å². The average molecular weight is 106 g/mol. The Morgan fingerprint density at radius 3 is 2.00 bits per heavy atom. The Hall–Kier alpha value is 0.370. The molecule has 0 N–H and O–H groups in total. The SMILES string of the molecule is O=C1SCS1. The lowest BCUT2D eigenvalue weighted by atomic mass is 11.7. The predicted octanol–water partition coefficient (Wildman–Crippen LogP) is 1.54. The van der Waals surface area contributed by atoms with E-state index in [1.54, 1.807) is 0 Å². The average Bonchev–Trinajstić information content (AvgIpc) is 1.30. The molecule has 0 amide bonds. The van der Waals surface area contributed by atoms with E-state index in [1.807, 2.05) is 0 Å². The van der Waals surface area contributed by atoms with Crippen molar-refractivity contribution < 1.29 is 4.79 Å². The van der Waals surface area contributed by atoms with E-state index < -0.39 is 0 Å². The van der Waals surface area contributed by atoms with E-state index in [4.69, 9.17) is 0 Å². The van der Waals surface area contributed by atoms with Crippen molar-refractivity contribution in [1.82, 2.24) is 0 Å². The van der Waals surface area contributed by atoms with Crippen molar-refractivity contribution in [3.05, 3.63) is 0 Å². The monoisotopic (exact) mass is 106 g/mol. The fourth-order valence-corrected chi connectivity index (χ4v) is 0.963. The van der Waals surface area contributed by atoms with E-state index in [2.05, 4.69) is 0 Å². The highest BCUT2D eigenvalue weighted by Gasteiger charge is 2.12. The third-order valence-electron chi connectivity index (χ3n) is 0.354. The van der Waals surface area contributed by atoms with Crippen LogP contribution in [0.25, 0.3) is 0 Å². The van der Waals surface area contributed by atoms with Crippen LogP contribution in [-0.2, 0) is 0 Å². The molecule has 3 heteroatoms. The first-order chi connectivity index (χ1) is 2.39. The molecule has 0 bridgehead atoms. The van der Waals surface area contributed by atoms with Crippen LogP contribution in [-0.4, -0.2) is 9.53 Å². The highest BCUT2D eigenvalue weighted by Crippen LogP contribution is 2.31. The van der Waals surface area contributed by atoms with Crippen LogP contribution in [0, 0.1) is 0 Å². The molecule has 0 unspecified atom stereocenters. The van der Waals surface area contributed by atoms with Crippen molar-refractivity contribution in [3.63, 3.8) is 0 Å². The molecule has 5 heavy (non-hydrogen) atoms. The first kappa shape index (κ1) is 3.56. The molecule has 1 aliphatic rings. The van der Waals surface area contributed by atoms with E-state index >= 15 is 0 Å². The number of thioether (sulfide) groups is 2. The summed E-state index contributed by atoms with van der Waals surface area (Å²) in [6.45, 7) is 0. The molecule has 0 saturated carbocycles. The smallest absolute Gasteiger partial charge is 0.247 e. The molecule has 1 heterocycles. The minimum Gasteiger partial charge on any atom is -0.274 e. The van der Waals surface area contributed by atoms with Gasteiger partial charge in [0.25, 0.3) is 0 Å². The zero-order valence-electron chi connectivity index (χ0n) is 2.43. The van der Waals surface area contributed by atoms with Gasteiger partial charge in [0, 0.05) is 0 Å². The molecule has 0 aromatic heterocycles. The molecule has 1 saturated heterocycles. The molecule has 0 aromatic carbocycles. The highest BCUT2D eigenvalue weighted by atomic mass is 32.3. The topological polar surface area (TPSA) is 17.1 Å². The normalized spacial score (nSPS) is 22.0. The molecule has 28 valence electrons. The van der Waals surface area contributed by atoms with Crippen LogP contribution in [0.3, 0.4) is 0 Å². The van der Waals surface area contributed by atoms with Gasteiger partial charge in [-0.1, -0.05) is 23.5 Å². The van der Waals surface area contributed by atoms with Crippen LogP contribution in [0.4, 0.5) is 4.79 Å². The van der Waals surface area contributed by atoms with Crippen molar-refractivity contribution in [3.8, 4) is 0 Å². The standard InChI is InChI=1S/C2H2OS2/c3-2-4-1-5-2/h1H2. The van der Waals surface area contributed by atoms with Gasteiger partial charge in [-0.15, -0.1) is 0 Å². The molecule has 0 atom stereocenters. The summed E-state index contributed by atoms with van der Waals surface area (Å²) < 4.78 is 0.269. The number of hydrogen-bond acceptors (Lipinski definition) is 3. The Balaban J connectivity index is 2.32. The van der Waals surface area contributed by atoms with Gasteiger partial charge in [0.1, 0.15) is 0 Å². The van der Waals surface area contributed by atoms with Crippen LogP contribution in [0.1, 0.15) is 0 Å². The summed E-state index contributed by atoms with van der Waals surface area (Å²) >= 11 is 2.77. The molecule has 1 aliphatic heterocycles. The first-order valence-electron chi connectivity index (χ1n) is 1.19. The van der Waals surface area contributed by atoms with Gasteiger partial charge in [-0.25, -0.2) is 0 Å². The molecule has 0 aliphatic carbocycles. The van der Waals surface area contributed by atoms with Gasteiger partial charge in [0.2, 0.25) is 4.45 Å². The van der Waals surface area contributed by atoms with E-state index in [-0.39, 0.29) is 4.45 Å². The second-order valence-corrected chi connectivity index (χ2v) is 3.18. The van der Waals surface area contributed by atoms with Crippen LogP contribution in [0.5, 0.6) is 0 Å². The van der Waals surface area contributed by atoms with Gasteiger partial charge in [-0.05, 0) is 0 Å². The van der Waals surface area contributed by atoms with Gasteiger partial charge < -0.3 is 0 Å². The maximum Gasteiger partial charge on any atom is 0.247 e. The fourth-order valence-electron chi connectivity index (χ4n) is 0.107. The Morgan fingerprint density at radius 1 is 1.60 bits per heavy atom. The van der Waals surface area contributed by atoms with E-state index in [0.717, 1.165) is 5.08 Å². The second-order valence-electron chi connectivity index (χ2n) is 0.657. The summed E-state index contributed by atoms with van der Waals surface area (Å²) in [4.78, 5) is 9.83. The van der Waals surface area contributed by atoms with E-state index in [9.17, 15) is 4.79 Å². The Kier molecular flexibility index (Phi) is 0.870. The lowest BCUT2D eigenvalue weighted by molar-refractivity contribution is 0.276. The summed E-state index contributed by atoms with van der Waals surface area (Å²) in [6, 6.07) is 0. The summed E-state index contributed by atoms with van der Waals surface area (Å²) in [7, 11) is 0. The number of rotatable bonds is 0. The van der Waals surface area contributed by atoms with Crippen molar-refractivity contribution in [2.75, 3.05) is 5.08 Å². The third kappa shape index (κ3) is 0.605. The Labute approximate surface area is 38.5 Å². The Morgan fingerprint density at radius 2 is 2.00 bits per heavy atom. The number of hydrogen-bond donors (Lipinski definition) is 0. The van der Waals surface area contributed by atoms with Crippen LogP contribution in [0.2, 0.25) is 0 Å². The summed E-state index contributed by atoms with van der Waals surface area (Å²) in [6.07, 6.45) is 0. The zero-order chi connectivity index (χ0) is 3.70. The molecule has 1 fully saturated rings. The molecule has 1 nitrogen and oxygen atoms in total. The quantitative estimate of drug-likeness (QED) is 0.466. The second kappa shape index (κ2) is 1.22. The number of carbonyl (C=O) groups excluding carboxylic acids is 1. The minimum atomic E-state index is 0.269. The number of carbonyl (C=O) groups is 1. The third-order valence-corrected chi connectivity index (χ3v) is 2.47. The van der Waals surface area contributed by atoms with Crippen molar-refractivity contribution in [2.45, 2.75) is 0 Å². The van der Waals surface area contributed by atoms with Crippen molar-refractivity contribution in [1.29, 1.82) is 0 Å². The van der Waals surface area contributed by atoms with Crippen LogP contribution in [0.15, 0.2) is 0 Å². The van der Waals surface area contributed by atoms with E-state index in [1.165, 1.54) is 23.5 Å². The minimum absolute atomic E-state index is 0.269. The molecule has 0 radical (unpaired) electrons. The van der Waals surface area contributed by atoms with Gasteiger partial charge in [0.15, 0.2) is 0 Å². The predicted molar refractivity (Wildman–Crippen MR) is 25.4 cm³/mol. The van der Waals surface area contributed by atoms with Crippen LogP contribution >= 0.6 is 23.5 Å². The highest BCUT2D eigenvalue weighted by molar-refractivity contribution is 8.52. The lowest BCUT2D eigenvalue weighted by Gasteiger charge is -2.03. The molecular weight excluding hydrogens is 104 g/mol. The molecule has 1 rings (SSSR count). The maximum absolute atomic E-state index is 9.83. The van der Waals surface area contributed by atoms with Gasteiger partial charge >= 0.3 is 0 Å². The molecule has 0 aromatic rings. The van der Waals surface area contributed by atoms with Gasteiger partial charge in [-0.2, -0.15) is 0 Å². The summed E-state index contributed by atoms with van der Waals surface area (Å²) in [5.41, 5.74) is 0. The lowest BCUT2D eigenvalue weighted by Crippen LogP contribution is -1.92. The van der Waals surface area contributed by atoms with Gasteiger partial charge in [0.05, 0.1) is 5.08 Å². The largest absolute Gasteiger partial charge is 0.274 e. The molecular formula is C2H2OS2. The van der Waals surface area contributed by atoms with Crippen molar-refractivity contribution in [2.24, 2.45) is 0 Å². The zero-order valence-corrected chi connectivity index (χ0v) is 4.06. The van der Waals surface area contributed by atoms with E-state index in [0.29, 0.717) is 0 Å². The van der Waals surface area contributed by atoms with Crippen molar-refractivity contribution >= 4 is 28.0 Å². The van der Waals surface area contributed by atoms with Gasteiger partial charge in [-0.3, -0.25) is 4.79 Å². The Bertz CT molecular complexity index is 54.7. The fraction of sp³-hybridized carbons (Fsp3) is 0.500. The molecule has 0 spiro atoms. The first-order valence-corrected chi connectivity index (χ1v) is 3.16. The summed E-state index contributed by atoms with van der Waals surface area (Å²) in [5, 5.41) is 0.971.